The molecule has 0 bridgehead atoms. The Bertz CT molecular complexity index is 461. The van der Waals surface area contributed by atoms with Crippen LogP contribution in [0.15, 0.2) is 0 Å². The van der Waals surface area contributed by atoms with Crippen LogP contribution in [-0.2, 0) is 0 Å². The Labute approximate surface area is 122 Å². The lowest BCUT2D eigenvalue weighted by molar-refractivity contribution is 0.146. The van der Waals surface area contributed by atoms with Crippen LogP contribution in [0, 0.1) is 34.6 Å². The maximum Gasteiger partial charge on any atom is 0.109 e. The van der Waals surface area contributed by atoms with Gasteiger partial charge in [0, 0.05) is 26.2 Å². The van der Waals surface area contributed by atoms with E-state index in [9.17, 15) is 4.39 Å². The first kappa shape index (κ1) is 15.5. The van der Waals surface area contributed by atoms with E-state index < -0.39 is 0 Å². The summed E-state index contributed by atoms with van der Waals surface area (Å²) in [5.74, 6) is 0. The molecule has 1 saturated heterocycles. The Morgan fingerprint density at radius 1 is 0.900 bits per heavy atom. The fourth-order valence-electron chi connectivity index (χ4n) is 3.38. The first-order valence-electron chi connectivity index (χ1n) is 7.56. The lowest BCUT2D eigenvalue weighted by Gasteiger charge is -2.36. The van der Waals surface area contributed by atoms with E-state index >= 15 is 0 Å². The van der Waals surface area contributed by atoms with E-state index in [1.807, 2.05) is 0 Å². The predicted molar refractivity (Wildman–Crippen MR) is 83.3 cm³/mol. The van der Waals surface area contributed by atoms with Crippen LogP contribution in [0.2, 0.25) is 0 Å². The molecule has 2 nitrogen and oxygen atoms in total. The van der Waals surface area contributed by atoms with E-state index in [4.69, 9.17) is 0 Å². The summed E-state index contributed by atoms with van der Waals surface area (Å²) in [6.45, 7) is 14.3. The molecule has 3 heteroatoms. The average Bonchev–Trinajstić information content (AvgIpc) is 2.48. The maximum atomic E-state index is 13.8. The third-order valence-electron chi connectivity index (χ3n) is 5.13. The molecule has 20 heavy (non-hydrogen) atoms. The van der Waals surface area contributed by atoms with E-state index in [1.165, 1.54) is 33.4 Å². The highest BCUT2D eigenvalue weighted by Gasteiger charge is 2.26. The molecule has 1 aliphatic heterocycles. The van der Waals surface area contributed by atoms with Gasteiger partial charge < -0.3 is 5.32 Å². The molecule has 1 N–H and O–H groups in total. The number of hydrogen-bond acceptors (Lipinski definition) is 2. The van der Waals surface area contributed by atoms with E-state index in [-0.39, 0.29) is 12.7 Å². The number of benzene rings is 1. The normalized spacial score (nSPS) is 18.3. The van der Waals surface area contributed by atoms with Gasteiger partial charge in [-0.25, -0.2) is 4.39 Å². The first-order chi connectivity index (χ1) is 9.49. The lowest BCUT2D eigenvalue weighted by atomic mass is 9.86. The molecule has 0 aliphatic carbocycles. The minimum Gasteiger partial charge on any atom is -0.314 e. The van der Waals surface area contributed by atoms with Crippen LogP contribution >= 0.6 is 0 Å². The van der Waals surface area contributed by atoms with Crippen molar-refractivity contribution in [1.29, 1.82) is 0 Å². The summed E-state index contributed by atoms with van der Waals surface area (Å²) in [6, 6.07) is -0.0879. The number of nitrogens with one attached hydrogen (secondary N) is 1. The van der Waals surface area contributed by atoms with Gasteiger partial charge in [0.1, 0.15) is 6.67 Å². The molecule has 1 atom stereocenters. The molecule has 2 rings (SSSR count). The van der Waals surface area contributed by atoms with E-state index in [2.05, 4.69) is 44.8 Å². The van der Waals surface area contributed by atoms with Crippen LogP contribution < -0.4 is 5.32 Å². The van der Waals surface area contributed by atoms with Crippen molar-refractivity contribution >= 4 is 0 Å². The summed E-state index contributed by atoms with van der Waals surface area (Å²) in [7, 11) is 0. The van der Waals surface area contributed by atoms with E-state index in [0.29, 0.717) is 0 Å². The van der Waals surface area contributed by atoms with Crippen LogP contribution in [0.5, 0.6) is 0 Å². The van der Waals surface area contributed by atoms with Crippen LogP contribution in [-0.4, -0.2) is 37.8 Å². The second-order valence-electron chi connectivity index (χ2n) is 5.99. The van der Waals surface area contributed by atoms with Gasteiger partial charge >= 0.3 is 0 Å². The molecule has 1 fully saturated rings. The summed E-state index contributed by atoms with van der Waals surface area (Å²) in [5.41, 5.74) is 7.74. The molecule has 0 saturated carbocycles. The number of rotatable bonds is 3. The first-order valence-corrected chi connectivity index (χ1v) is 7.56. The Balaban J connectivity index is 2.48. The highest BCUT2D eigenvalue weighted by molar-refractivity contribution is 5.50. The fraction of sp³-hybridized carbons (Fsp3) is 0.647. The summed E-state index contributed by atoms with van der Waals surface area (Å²) < 4.78 is 13.8. The molecule has 1 aliphatic rings. The van der Waals surface area contributed by atoms with Gasteiger partial charge in [-0.1, -0.05) is 0 Å². The van der Waals surface area contributed by atoms with Gasteiger partial charge in [0.25, 0.3) is 0 Å². The average molecular weight is 278 g/mol. The van der Waals surface area contributed by atoms with Crippen LogP contribution in [0.25, 0.3) is 0 Å². The van der Waals surface area contributed by atoms with Crippen molar-refractivity contribution in [2.45, 2.75) is 40.7 Å². The monoisotopic (exact) mass is 278 g/mol. The van der Waals surface area contributed by atoms with Gasteiger partial charge in [-0.2, -0.15) is 0 Å². The Morgan fingerprint density at radius 3 is 1.80 bits per heavy atom. The minimum absolute atomic E-state index is 0.0879. The second kappa shape index (κ2) is 6.23. The molecule has 1 heterocycles. The largest absolute Gasteiger partial charge is 0.314 e. The number of halogens is 1. The lowest BCUT2D eigenvalue weighted by Crippen LogP contribution is -2.46. The molecule has 0 spiro atoms. The third kappa shape index (κ3) is 2.61. The summed E-state index contributed by atoms with van der Waals surface area (Å²) in [4.78, 5) is 2.29. The molecular weight excluding hydrogens is 251 g/mol. The maximum absolute atomic E-state index is 13.8. The van der Waals surface area contributed by atoms with Gasteiger partial charge in [-0.15, -0.1) is 0 Å². The summed E-state index contributed by atoms with van der Waals surface area (Å²) in [5, 5.41) is 3.34. The summed E-state index contributed by atoms with van der Waals surface area (Å²) >= 11 is 0. The number of hydrogen-bond donors (Lipinski definition) is 1. The molecule has 0 unspecified atom stereocenters. The smallest absolute Gasteiger partial charge is 0.109 e. The molecule has 1 aromatic carbocycles. The Morgan fingerprint density at radius 2 is 1.35 bits per heavy atom. The second-order valence-corrected chi connectivity index (χ2v) is 5.99. The fourth-order valence-corrected chi connectivity index (χ4v) is 3.38. The van der Waals surface area contributed by atoms with E-state index in [0.717, 1.165) is 26.2 Å². The van der Waals surface area contributed by atoms with Crippen molar-refractivity contribution in [3.8, 4) is 0 Å². The van der Waals surface area contributed by atoms with Crippen LogP contribution in [0.3, 0.4) is 0 Å². The van der Waals surface area contributed by atoms with E-state index in [1.54, 1.807) is 0 Å². The summed E-state index contributed by atoms with van der Waals surface area (Å²) in [6.07, 6.45) is 0. The number of piperazine rings is 1. The molecule has 112 valence electrons. The quantitative estimate of drug-likeness (QED) is 0.914. The SMILES string of the molecule is Cc1c(C)c(C)c([C@H](CF)N2CCNCC2)c(C)c1C. The predicted octanol–water partition coefficient (Wildman–Crippen LogP) is 3.14. The van der Waals surface area contributed by atoms with Gasteiger partial charge in [-0.3, -0.25) is 4.90 Å². The van der Waals surface area contributed by atoms with Crippen molar-refractivity contribution in [3.63, 3.8) is 0 Å². The molecule has 0 radical (unpaired) electrons. The van der Waals surface area contributed by atoms with Gasteiger partial charge in [0.15, 0.2) is 0 Å². The molecule has 0 amide bonds. The third-order valence-corrected chi connectivity index (χ3v) is 5.13. The van der Waals surface area contributed by atoms with Gasteiger partial charge in [-0.05, 0) is 68.0 Å². The Hall–Kier alpha value is -0.930. The highest BCUT2D eigenvalue weighted by atomic mass is 19.1. The van der Waals surface area contributed by atoms with Crippen molar-refractivity contribution in [2.24, 2.45) is 0 Å². The molecule has 1 aromatic rings. The number of nitrogens with zero attached hydrogens (tertiary/aromatic N) is 1. The van der Waals surface area contributed by atoms with Crippen molar-refractivity contribution in [2.75, 3.05) is 32.9 Å². The van der Waals surface area contributed by atoms with Crippen molar-refractivity contribution < 1.29 is 4.39 Å². The number of alkyl halides is 1. The Kier molecular flexibility index (Phi) is 4.82. The van der Waals surface area contributed by atoms with Gasteiger partial charge in [0.05, 0.1) is 6.04 Å². The topological polar surface area (TPSA) is 15.3 Å². The molecular formula is C17H27FN2. The molecule has 0 aromatic heterocycles. The van der Waals surface area contributed by atoms with Crippen LogP contribution in [0.1, 0.15) is 39.4 Å². The highest BCUT2D eigenvalue weighted by Crippen LogP contribution is 2.33. The van der Waals surface area contributed by atoms with Gasteiger partial charge in [0.2, 0.25) is 0 Å². The zero-order valence-corrected chi connectivity index (χ0v) is 13.4. The van der Waals surface area contributed by atoms with Crippen LogP contribution in [0.4, 0.5) is 4.39 Å². The zero-order valence-electron chi connectivity index (χ0n) is 13.4. The van der Waals surface area contributed by atoms with Crippen molar-refractivity contribution in [3.05, 3.63) is 33.4 Å². The standard InChI is InChI=1S/C17H27FN2/c1-11-12(2)14(4)17(15(5)13(11)3)16(10-18)20-8-6-19-7-9-20/h16,19H,6-10H2,1-5H3/t16-/m0/s1. The zero-order chi connectivity index (χ0) is 14.9. The van der Waals surface area contributed by atoms with Crippen molar-refractivity contribution in [1.82, 2.24) is 10.2 Å². The minimum atomic E-state index is -0.302.